The predicted molar refractivity (Wildman–Crippen MR) is 54.5 cm³/mol. The molecule has 2 unspecified atom stereocenters. The Hall–Kier alpha value is -0.570. The molecule has 4 fully saturated rings. The van der Waals surface area contributed by atoms with Gasteiger partial charge in [0.1, 0.15) is 0 Å². The fraction of sp³-hybridized carbons (Fsp3) is 0.917. The maximum atomic E-state index is 11.5. The summed E-state index contributed by atoms with van der Waals surface area (Å²) in [5, 5.41) is 9.43. The number of methoxy groups -OCH3 is 1. The van der Waals surface area contributed by atoms with Crippen LogP contribution in [0.25, 0.3) is 0 Å². The molecule has 0 aliphatic heterocycles. The Kier molecular flexibility index (Phi) is 1.77. The molecule has 4 aliphatic carbocycles. The lowest BCUT2D eigenvalue weighted by molar-refractivity contribution is -0.199. The first kappa shape index (κ1) is 9.64. The lowest BCUT2D eigenvalue weighted by Crippen LogP contribution is -2.58. The highest BCUT2D eigenvalue weighted by Crippen LogP contribution is 2.62. The minimum Gasteiger partial charge on any atom is -0.481 e. The first-order chi connectivity index (χ1) is 7.07. The number of hydrogen-bond donors (Lipinski definition) is 1. The Morgan fingerprint density at radius 2 is 1.87 bits per heavy atom. The average molecular weight is 210 g/mol. The quantitative estimate of drug-likeness (QED) is 0.758. The van der Waals surface area contributed by atoms with E-state index in [1.807, 2.05) is 0 Å². The van der Waals surface area contributed by atoms with Crippen LogP contribution in [-0.4, -0.2) is 23.8 Å². The standard InChI is InChI=1S/C12H18O3/c1-15-12-5-8-2-9(6-12)4-11(3-8,7-12)10(13)14/h8-9H,2-7H2,1H3,(H,13,14)/t8-,9+,11?,12?. The molecule has 0 aromatic heterocycles. The van der Waals surface area contributed by atoms with Crippen molar-refractivity contribution in [2.75, 3.05) is 7.11 Å². The van der Waals surface area contributed by atoms with Crippen LogP contribution >= 0.6 is 0 Å². The summed E-state index contributed by atoms with van der Waals surface area (Å²) >= 11 is 0. The van der Waals surface area contributed by atoms with Crippen molar-refractivity contribution in [3.8, 4) is 0 Å². The van der Waals surface area contributed by atoms with Crippen LogP contribution in [0.3, 0.4) is 0 Å². The summed E-state index contributed by atoms with van der Waals surface area (Å²) in [6.45, 7) is 0. The third-order valence-corrected chi connectivity index (χ3v) is 4.89. The summed E-state index contributed by atoms with van der Waals surface area (Å²) < 4.78 is 5.66. The molecule has 0 heterocycles. The number of carbonyl (C=O) groups is 1. The SMILES string of the molecule is COC12C[C@H]3C[C@@H](C1)CC(C(=O)O)(C3)C2. The Bertz CT molecular complexity index is 296. The molecular weight excluding hydrogens is 192 g/mol. The smallest absolute Gasteiger partial charge is 0.309 e. The van der Waals surface area contributed by atoms with Gasteiger partial charge in [0.15, 0.2) is 0 Å². The molecule has 15 heavy (non-hydrogen) atoms. The second kappa shape index (κ2) is 2.76. The Labute approximate surface area is 89.8 Å². The fourth-order valence-corrected chi connectivity index (χ4v) is 4.67. The van der Waals surface area contributed by atoms with Gasteiger partial charge >= 0.3 is 5.97 Å². The number of carboxylic acids is 1. The summed E-state index contributed by atoms with van der Waals surface area (Å²) in [4.78, 5) is 11.5. The zero-order valence-corrected chi connectivity index (χ0v) is 9.16. The molecule has 84 valence electrons. The van der Waals surface area contributed by atoms with Gasteiger partial charge < -0.3 is 9.84 Å². The van der Waals surface area contributed by atoms with Crippen molar-refractivity contribution in [1.82, 2.24) is 0 Å². The van der Waals surface area contributed by atoms with Gasteiger partial charge in [0.25, 0.3) is 0 Å². The first-order valence-electron chi connectivity index (χ1n) is 5.86. The molecule has 4 rings (SSSR count). The largest absolute Gasteiger partial charge is 0.481 e. The average Bonchev–Trinajstić information content (AvgIpc) is 2.15. The van der Waals surface area contributed by atoms with Gasteiger partial charge in [-0.2, -0.15) is 0 Å². The van der Waals surface area contributed by atoms with E-state index in [-0.39, 0.29) is 5.60 Å². The van der Waals surface area contributed by atoms with Gasteiger partial charge in [-0.15, -0.1) is 0 Å². The highest BCUT2D eigenvalue weighted by atomic mass is 16.5. The Morgan fingerprint density at radius 3 is 2.33 bits per heavy atom. The van der Waals surface area contributed by atoms with Gasteiger partial charge in [-0.3, -0.25) is 4.79 Å². The molecule has 4 atom stereocenters. The third-order valence-electron chi connectivity index (χ3n) is 4.89. The first-order valence-corrected chi connectivity index (χ1v) is 5.86. The van der Waals surface area contributed by atoms with Crippen molar-refractivity contribution in [1.29, 1.82) is 0 Å². The molecule has 0 aromatic carbocycles. The van der Waals surface area contributed by atoms with Crippen LogP contribution in [0.15, 0.2) is 0 Å². The highest BCUT2D eigenvalue weighted by Gasteiger charge is 2.61. The minimum absolute atomic E-state index is 0.0948. The maximum Gasteiger partial charge on any atom is 0.309 e. The molecule has 4 bridgehead atoms. The molecule has 3 nitrogen and oxygen atoms in total. The third kappa shape index (κ3) is 1.19. The van der Waals surface area contributed by atoms with Crippen molar-refractivity contribution >= 4 is 5.97 Å². The molecule has 1 N–H and O–H groups in total. The van der Waals surface area contributed by atoms with E-state index in [1.54, 1.807) is 7.11 Å². The topological polar surface area (TPSA) is 46.5 Å². The molecule has 0 amide bonds. The maximum absolute atomic E-state index is 11.5. The number of aliphatic carboxylic acids is 1. The van der Waals surface area contributed by atoms with E-state index in [1.165, 1.54) is 6.42 Å². The predicted octanol–water partition coefficient (Wildman–Crippen LogP) is 2.06. The summed E-state index contributed by atoms with van der Waals surface area (Å²) in [6.07, 6.45) is 5.96. The van der Waals surface area contributed by atoms with Crippen molar-refractivity contribution in [2.45, 2.75) is 44.1 Å². The minimum atomic E-state index is -0.585. The van der Waals surface area contributed by atoms with E-state index in [9.17, 15) is 9.90 Å². The van der Waals surface area contributed by atoms with Crippen molar-refractivity contribution in [3.63, 3.8) is 0 Å². The monoisotopic (exact) mass is 210 g/mol. The molecule has 0 aromatic rings. The van der Waals surface area contributed by atoms with Gasteiger partial charge in [-0.05, 0) is 50.4 Å². The molecular formula is C12H18O3. The van der Waals surface area contributed by atoms with E-state index < -0.39 is 11.4 Å². The Morgan fingerprint density at radius 1 is 1.27 bits per heavy atom. The van der Waals surface area contributed by atoms with Gasteiger partial charge in [0.2, 0.25) is 0 Å². The van der Waals surface area contributed by atoms with E-state index in [0.29, 0.717) is 11.8 Å². The van der Waals surface area contributed by atoms with Gasteiger partial charge in [0.05, 0.1) is 11.0 Å². The highest BCUT2D eigenvalue weighted by molar-refractivity contribution is 5.75. The zero-order chi connectivity index (χ0) is 10.7. The van der Waals surface area contributed by atoms with Gasteiger partial charge in [-0.1, -0.05) is 0 Å². The zero-order valence-electron chi connectivity index (χ0n) is 9.16. The van der Waals surface area contributed by atoms with Crippen molar-refractivity contribution in [3.05, 3.63) is 0 Å². The molecule has 4 saturated carbocycles. The molecule has 0 radical (unpaired) electrons. The molecule has 0 spiro atoms. The summed E-state index contributed by atoms with van der Waals surface area (Å²) in [5.41, 5.74) is -0.539. The molecule has 0 saturated heterocycles. The van der Waals surface area contributed by atoms with Crippen molar-refractivity contribution < 1.29 is 14.6 Å². The lowest BCUT2D eigenvalue weighted by atomic mass is 9.48. The summed E-state index contributed by atoms with van der Waals surface area (Å²) in [6, 6.07) is 0. The summed E-state index contributed by atoms with van der Waals surface area (Å²) in [7, 11) is 1.75. The van der Waals surface area contributed by atoms with Crippen LogP contribution < -0.4 is 0 Å². The van der Waals surface area contributed by atoms with Crippen molar-refractivity contribution in [2.24, 2.45) is 17.3 Å². The molecule has 3 heteroatoms. The van der Waals surface area contributed by atoms with Crippen LogP contribution in [0.2, 0.25) is 0 Å². The number of hydrogen-bond acceptors (Lipinski definition) is 2. The van der Waals surface area contributed by atoms with Crippen LogP contribution in [0.1, 0.15) is 38.5 Å². The van der Waals surface area contributed by atoms with Crippen LogP contribution in [0.5, 0.6) is 0 Å². The fourth-order valence-electron chi connectivity index (χ4n) is 4.67. The van der Waals surface area contributed by atoms with Crippen LogP contribution in [-0.2, 0) is 9.53 Å². The van der Waals surface area contributed by atoms with E-state index in [4.69, 9.17) is 4.74 Å². The number of carboxylic acid groups (broad SMARTS) is 1. The second-order valence-corrected chi connectivity index (χ2v) is 5.93. The normalized spacial score (nSPS) is 52.1. The van der Waals surface area contributed by atoms with Gasteiger partial charge in [-0.25, -0.2) is 0 Å². The number of ether oxygens (including phenoxy) is 1. The van der Waals surface area contributed by atoms with Gasteiger partial charge in [0, 0.05) is 7.11 Å². The van der Waals surface area contributed by atoms with E-state index in [0.717, 1.165) is 32.1 Å². The summed E-state index contributed by atoms with van der Waals surface area (Å²) in [5.74, 6) is 0.614. The lowest BCUT2D eigenvalue weighted by Gasteiger charge is -2.59. The number of rotatable bonds is 2. The second-order valence-electron chi connectivity index (χ2n) is 5.93. The Balaban J connectivity index is 1.99. The van der Waals surface area contributed by atoms with E-state index in [2.05, 4.69) is 0 Å². The molecule has 4 aliphatic rings. The van der Waals surface area contributed by atoms with Crippen LogP contribution in [0.4, 0.5) is 0 Å². The van der Waals surface area contributed by atoms with Crippen LogP contribution in [0, 0.1) is 17.3 Å². The van der Waals surface area contributed by atoms with E-state index >= 15 is 0 Å².